The zero-order valence-electron chi connectivity index (χ0n) is 14.7. The number of guanidine groups is 1. The van der Waals surface area contributed by atoms with Crippen LogP contribution < -0.4 is 10.6 Å². The van der Waals surface area contributed by atoms with Crippen molar-refractivity contribution in [3.63, 3.8) is 0 Å². The van der Waals surface area contributed by atoms with E-state index in [0.717, 1.165) is 11.3 Å². The molecule has 1 atom stereocenters. The van der Waals surface area contributed by atoms with E-state index in [2.05, 4.69) is 15.6 Å². The summed E-state index contributed by atoms with van der Waals surface area (Å²) >= 11 is 0. The molecule has 136 valence electrons. The number of nitrogens with one attached hydrogen (secondary N) is 2. The molecule has 0 saturated heterocycles. The van der Waals surface area contributed by atoms with Crippen molar-refractivity contribution in [1.29, 1.82) is 0 Å². The summed E-state index contributed by atoms with van der Waals surface area (Å²) in [5.41, 5.74) is 1.14. The molecule has 7 heteroatoms. The lowest BCUT2D eigenvalue weighted by atomic mass is 10.1. The van der Waals surface area contributed by atoms with Crippen molar-refractivity contribution in [2.75, 3.05) is 20.6 Å². The lowest BCUT2D eigenvalue weighted by Crippen LogP contribution is -2.39. The summed E-state index contributed by atoms with van der Waals surface area (Å²) in [6, 6.07) is 13.9. The first-order chi connectivity index (χ1) is 11.6. The minimum absolute atomic E-state index is 0. The number of likely N-dealkylation sites (N-methyl/N-ethyl adjacent to an activating group) is 1. The number of carbonyl (C=O) groups excluding carboxylic acids is 1. The standard InChI is InChI=1S/C18H24N4O2.HI/c1-14(15-8-5-4-6-9-15)21-18(20-13-17(23)22(2)3)19-12-16-10-7-11-24-16;/h4-11,14H,12-13H2,1-3H3,(H2,19,20,21);1H. The van der Waals surface area contributed by atoms with E-state index in [0.29, 0.717) is 12.5 Å². The zero-order chi connectivity index (χ0) is 17.4. The summed E-state index contributed by atoms with van der Waals surface area (Å²) in [5.74, 6) is 1.32. The topological polar surface area (TPSA) is 69.9 Å². The van der Waals surface area contributed by atoms with Crippen LogP contribution in [0.15, 0.2) is 58.1 Å². The second-order valence-electron chi connectivity index (χ2n) is 5.66. The molecule has 1 aromatic heterocycles. The number of nitrogens with zero attached hydrogens (tertiary/aromatic N) is 2. The summed E-state index contributed by atoms with van der Waals surface area (Å²) < 4.78 is 5.32. The van der Waals surface area contributed by atoms with Crippen LogP contribution in [0.3, 0.4) is 0 Å². The van der Waals surface area contributed by atoms with Crippen LogP contribution in [0, 0.1) is 0 Å². The molecule has 1 aromatic carbocycles. The number of aliphatic imine (C=N–C) groups is 1. The van der Waals surface area contributed by atoms with Crippen LogP contribution in [0.5, 0.6) is 0 Å². The smallest absolute Gasteiger partial charge is 0.243 e. The van der Waals surface area contributed by atoms with Crippen molar-refractivity contribution in [3.8, 4) is 0 Å². The first-order valence-corrected chi connectivity index (χ1v) is 7.88. The molecule has 0 radical (unpaired) electrons. The summed E-state index contributed by atoms with van der Waals surface area (Å²) in [6.45, 7) is 2.63. The van der Waals surface area contributed by atoms with Gasteiger partial charge in [-0.2, -0.15) is 0 Å². The average molecular weight is 456 g/mol. The normalized spacial score (nSPS) is 12.0. The fourth-order valence-electron chi connectivity index (χ4n) is 2.05. The Morgan fingerprint density at radius 2 is 1.92 bits per heavy atom. The van der Waals surface area contributed by atoms with Crippen molar-refractivity contribution >= 4 is 35.8 Å². The highest BCUT2D eigenvalue weighted by Gasteiger charge is 2.10. The number of rotatable bonds is 6. The third kappa shape index (κ3) is 7.16. The average Bonchev–Trinajstić information content (AvgIpc) is 3.11. The molecule has 2 aromatic rings. The lowest BCUT2D eigenvalue weighted by molar-refractivity contribution is -0.127. The first-order valence-electron chi connectivity index (χ1n) is 7.88. The molecule has 2 rings (SSSR count). The lowest BCUT2D eigenvalue weighted by Gasteiger charge is -2.18. The Morgan fingerprint density at radius 1 is 1.20 bits per heavy atom. The van der Waals surface area contributed by atoms with E-state index < -0.39 is 0 Å². The van der Waals surface area contributed by atoms with Crippen molar-refractivity contribution in [2.45, 2.75) is 19.5 Å². The largest absolute Gasteiger partial charge is 0.467 e. The molecule has 25 heavy (non-hydrogen) atoms. The van der Waals surface area contributed by atoms with Gasteiger partial charge >= 0.3 is 0 Å². The van der Waals surface area contributed by atoms with Gasteiger partial charge in [0.15, 0.2) is 5.96 Å². The molecule has 0 aliphatic rings. The summed E-state index contributed by atoms with van der Waals surface area (Å²) in [7, 11) is 3.43. The minimum atomic E-state index is -0.0542. The van der Waals surface area contributed by atoms with Gasteiger partial charge in [-0.15, -0.1) is 24.0 Å². The Bertz CT molecular complexity index is 657. The highest BCUT2D eigenvalue weighted by molar-refractivity contribution is 14.0. The Kier molecular flexibility index (Phi) is 9.04. The number of carbonyl (C=O) groups is 1. The second-order valence-corrected chi connectivity index (χ2v) is 5.66. The van der Waals surface area contributed by atoms with Gasteiger partial charge in [0.2, 0.25) is 5.91 Å². The fraction of sp³-hybridized carbons (Fsp3) is 0.333. The van der Waals surface area contributed by atoms with E-state index in [-0.39, 0.29) is 42.5 Å². The van der Waals surface area contributed by atoms with E-state index >= 15 is 0 Å². The van der Waals surface area contributed by atoms with E-state index in [1.165, 1.54) is 4.90 Å². The highest BCUT2D eigenvalue weighted by atomic mass is 127. The number of hydrogen-bond acceptors (Lipinski definition) is 3. The van der Waals surface area contributed by atoms with E-state index in [1.807, 2.05) is 49.4 Å². The van der Waals surface area contributed by atoms with Gasteiger partial charge in [-0.1, -0.05) is 30.3 Å². The quantitative estimate of drug-likeness (QED) is 0.399. The fourth-order valence-corrected chi connectivity index (χ4v) is 2.05. The van der Waals surface area contributed by atoms with Gasteiger partial charge < -0.3 is 20.0 Å². The molecule has 0 spiro atoms. The molecular weight excluding hydrogens is 431 g/mol. The predicted octanol–water partition coefficient (Wildman–Crippen LogP) is 2.78. The first kappa shape index (κ1) is 21.0. The highest BCUT2D eigenvalue weighted by Crippen LogP contribution is 2.10. The van der Waals surface area contributed by atoms with Gasteiger partial charge in [0.25, 0.3) is 0 Å². The van der Waals surface area contributed by atoms with Gasteiger partial charge in [0.05, 0.1) is 18.8 Å². The third-order valence-electron chi connectivity index (χ3n) is 3.53. The Hall–Kier alpha value is -2.03. The van der Waals surface area contributed by atoms with Crippen molar-refractivity contribution in [3.05, 3.63) is 60.1 Å². The summed E-state index contributed by atoms with van der Waals surface area (Å²) in [4.78, 5) is 17.7. The molecule has 0 saturated carbocycles. The van der Waals surface area contributed by atoms with Crippen LogP contribution in [0.1, 0.15) is 24.3 Å². The molecule has 0 fully saturated rings. The number of amides is 1. The molecule has 1 heterocycles. The van der Waals surface area contributed by atoms with Gasteiger partial charge in [-0.05, 0) is 24.6 Å². The Balaban J connectivity index is 0.00000312. The number of halogens is 1. The molecule has 2 N–H and O–H groups in total. The van der Waals surface area contributed by atoms with E-state index in [9.17, 15) is 4.79 Å². The molecule has 6 nitrogen and oxygen atoms in total. The zero-order valence-corrected chi connectivity index (χ0v) is 17.1. The maximum Gasteiger partial charge on any atom is 0.243 e. The van der Waals surface area contributed by atoms with E-state index in [1.54, 1.807) is 20.4 Å². The van der Waals surface area contributed by atoms with Crippen LogP contribution in [0.2, 0.25) is 0 Å². The third-order valence-corrected chi connectivity index (χ3v) is 3.53. The SMILES string of the molecule is CC(NC(=NCC(=O)N(C)C)NCc1ccco1)c1ccccc1.I. The molecule has 1 amide bonds. The number of hydrogen-bond donors (Lipinski definition) is 2. The van der Waals surface area contributed by atoms with Crippen LogP contribution in [0.4, 0.5) is 0 Å². The maximum atomic E-state index is 11.8. The summed E-state index contributed by atoms with van der Waals surface area (Å²) in [6.07, 6.45) is 1.63. The molecule has 0 bridgehead atoms. The van der Waals surface area contributed by atoms with Gasteiger partial charge in [-0.25, -0.2) is 4.99 Å². The summed E-state index contributed by atoms with van der Waals surface area (Å²) in [5, 5.41) is 6.51. The van der Waals surface area contributed by atoms with Crippen molar-refractivity contribution < 1.29 is 9.21 Å². The molecule has 0 aliphatic heterocycles. The molecule has 1 unspecified atom stereocenters. The monoisotopic (exact) mass is 456 g/mol. The van der Waals surface area contributed by atoms with Gasteiger partial charge in [-0.3, -0.25) is 4.79 Å². The van der Waals surface area contributed by atoms with Crippen LogP contribution in [0.25, 0.3) is 0 Å². The number of benzene rings is 1. The van der Waals surface area contributed by atoms with Crippen LogP contribution >= 0.6 is 24.0 Å². The molecule has 0 aliphatic carbocycles. The van der Waals surface area contributed by atoms with E-state index in [4.69, 9.17) is 4.42 Å². The van der Waals surface area contributed by atoms with Crippen LogP contribution in [-0.2, 0) is 11.3 Å². The molecular formula is C18H25IN4O2. The van der Waals surface area contributed by atoms with Crippen molar-refractivity contribution in [2.24, 2.45) is 4.99 Å². The van der Waals surface area contributed by atoms with Gasteiger partial charge in [0.1, 0.15) is 12.3 Å². The number of furan rings is 1. The van der Waals surface area contributed by atoms with Crippen LogP contribution in [-0.4, -0.2) is 37.4 Å². The Labute approximate surface area is 165 Å². The minimum Gasteiger partial charge on any atom is -0.467 e. The van der Waals surface area contributed by atoms with Gasteiger partial charge in [0, 0.05) is 14.1 Å². The van der Waals surface area contributed by atoms with Crippen molar-refractivity contribution in [1.82, 2.24) is 15.5 Å². The Morgan fingerprint density at radius 3 is 2.52 bits per heavy atom. The predicted molar refractivity (Wildman–Crippen MR) is 110 cm³/mol. The maximum absolute atomic E-state index is 11.8. The second kappa shape index (κ2) is 10.8.